The Balaban J connectivity index is 1.86. The van der Waals surface area contributed by atoms with E-state index in [2.05, 4.69) is 5.10 Å². The first-order valence-corrected chi connectivity index (χ1v) is 10.7. The van der Waals surface area contributed by atoms with Crippen LogP contribution in [0, 0.1) is 0 Å². The van der Waals surface area contributed by atoms with Crippen LogP contribution >= 0.6 is 11.6 Å². The van der Waals surface area contributed by atoms with E-state index in [-0.39, 0.29) is 32.2 Å². The molecule has 0 saturated carbocycles. The van der Waals surface area contributed by atoms with Crippen LogP contribution in [-0.4, -0.2) is 36.1 Å². The average molecular weight is 462 g/mol. The van der Waals surface area contributed by atoms with Crippen LogP contribution in [0.4, 0.5) is 23.4 Å². The van der Waals surface area contributed by atoms with Crippen molar-refractivity contribution in [1.82, 2.24) is 9.19 Å². The number of alkyl halides is 4. The second-order valence-corrected chi connectivity index (χ2v) is 9.46. The monoisotopic (exact) mass is 461 g/mol. The van der Waals surface area contributed by atoms with E-state index in [0.29, 0.717) is 11.0 Å². The van der Waals surface area contributed by atoms with Crippen molar-refractivity contribution in [2.45, 2.75) is 36.6 Å². The van der Waals surface area contributed by atoms with Crippen LogP contribution in [0.25, 0.3) is 10.9 Å². The quantitative estimate of drug-likeness (QED) is 0.519. The van der Waals surface area contributed by atoms with Gasteiger partial charge < -0.3 is 4.90 Å². The third-order valence-corrected chi connectivity index (χ3v) is 7.14. The molecule has 1 atom stereocenters. The lowest BCUT2D eigenvalue weighted by Gasteiger charge is -2.46. The predicted molar refractivity (Wildman–Crippen MR) is 105 cm³/mol. The standard InChI is InChI=1S/C19H16ClF4N3O2S/c1-11-19(23,24)10-26(11)17-16-14(20)4-3-5-15(16)27(25-17)30(28,29)13-8-6-12(7-9-13)18(2,21)22/h3-9,11H,10H2,1-2H3/t11-/m1/s1. The Bertz CT molecular complexity index is 1240. The van der Waals surface area contributed by atoms with Gasteiger partial charge in [-0.25, -0.2) is 17.6 Å². The molecule has 1 aromatic heterocycles. The topological polar surface area (TPSA) is 55.2 Å². The summed E-state index contributed by atoms with van der Waals surface area (Å²) in [6.07, 6.45) is 0. The highest BCUT2D eigenvalue weighted by atomic mass is 35.5. The van der Waals surface area contributed by atoms with Gasteiger partial charge in [-0.2, -0.15) is 12.5 Å². The van der Waals surface area contributed by atoms with Crippen LogP contribution < -0.4 is 4.90 Å². The van der Waals surface area contributed by atoms with E-state index in [4.69, 9.17) is 11.6 Å². The Kier molecular flexibility index (Phi) is 4.59. The van der Waals surface area contributed by atoms with Gasteiger partial charge in [0, 0.05) is 12.5 Å². The molecule has 0 bridgehead atoms. The molecule has 30 heavy (non-hydrogen) atoms. The molecule has 0 radical (unpaired) electrons. The molecule has 2 aromatic carbocycles. The largest absolute Gasteiger partial charge is 0.340 e. The second kappa shape index (κ2) is 6.58. The van der Waals surface area contributed by atoms with Crippen LogP contribution in [0.1, 0.15) is 19.4 Å². The summed E-state index contributed by atoms with van der Waals surface area (Å²) in [6.45, 7) is 1.39. The predicted octanol–water partition coefficient (Wildman–Crippen LogP) is 4.88. The smallest absolute Gasteiger partial charge is 0.284 e. The van der Waals surface area contributed by atoms with Crippen LogP contribution in [-0.2, 0) is 15.9 Å². The number of halogens is 5. The number of hydrogen-bond donors (Lipinski definition) is 0. The van der Waals surface area contributed by atoms with Crippen LogP contribution in [0.5, 0.6) is 0 Å². The molecule has 0 N–H and O–H groups in total. The Morgan fingerprint density at radius 1 is 1.17 bits per heavy atom. The summed E-state index contributed by atoms with van der Waals surface area (Å²) in [5.74, 6) is -6.04. The Morgan fingerprint density at radius 2 is 1.80 bits per heavy atom. The van der Waals surface area contributed by atoms with E-state index in [1.54, 1.807) is 0 Å². The summed E-state index contributed by atoms with van der Waals surface area (Å²) >= 11 is 6.24. The molecule has 0 spiro atoms. The molecule has 5 nitrogen and oxygen atoms in total. The number of benzene rings is 2. The van der Waals surface area contributed by atoms with E-state index >= 15 is 0 Å². The normalized spacial score (nSPS) is 19.2. The molecule has 0 unspecified atom stereocenters. The molecular formula is C19H16ClF4N3O2S. The van der Waals surface area contributed by atoms with Crippen molar-refractivity contribution in [3.8, 4) is 0 Å². The van der Waals surface area contributed by atoms with Gasteiger partial charge >= 0.3 is 0 Å². The van der Waals surface area contributed by atoms with Gasteiger partial charge in [0.15, 0.2) is 5.82 Å². The molecular weight excluding hydrogens is 446 g/mol. The first kappa shape index (κ1) is 20.9. The molecule has 2 heterocycles. The minimum Gasteiger partial charge on any atom is -0.340 e. The maximum absolute atomic E-state index is 13.7. The first-order chi connectivity index (χ1) is 13.8. The zero-order chi connectivity index (χ0) is 22.1. The molecule has 11 heteroatoms. The molecule has 0 aliphatic carbocycles. The van der Waals surface area contributed by atoms with Gasteiger partial charge in [0.1, 0.15) is 0 Å². The zero-order valence-corrected chi connectivity index (χ0v) is 17.4. The number of rotatable bonds is 4. The molecule has 4 rings (SSSR count). The van der Waals surface area contributed by atoms with Crippen molar-refractivity contribution in [3.63, 3.8) is 0 Å². The second-order valence-electron chi connectivity index (χ2n) is 7.28. The van der Waals surface area contributed by atoms with Gasteiger partial charge in [-0.1, -0.05) is 29.8 Å². The van der Waals surface area contributed by atoms with Gasteiger partial charge in [-0.05, 0) is 31.2 Å². The fourth-order valence-corrected chi connectivity index (χ4v) is 4.89. The highest BCUT2D eigenvalue weighted by molar-refractivity contribution is 7.90. The summed E-state index contributed by atoms with van der Waals surface area (Å²) in [7, 11) is -4.30. The van der Waals surface area contributed by atoms with Crippen LogP contribution in [0.2, 0.25) is 5.02 Å². The molecule has 3 aromatic rings. The van der Waals surface area contributed by atoms with E-state index in [9.17, 15) is 26.0 Å². The van der Waals surface area contributed by atoms with Crippen molar-refractivity contribution in [2.75, 3.05) is 11.4 Å². The van der Waals surface area contributed by atoms with Crippen molar-refractivity contribution >= 4 is 38.3 Å². The van der Waals surface area contributed by atoms with Crippen LogP contribution in [0.15, 0.2) is 47.4 Å². The summed E-state index contributed by atoms with van der Waals surface area (Å²) in [5.41, 5.74) is -0.239. The molecule has 0 amide bonds. The third kappa shape index (κ3) is 3.13. The summed E-state index contributed by atoms with van der Waals surface area (Å²) < 4.78 is 81.4. The van der Waals surface area contributed by atoms with Gasteiger partial charge in [-0.15, -0.1) is 5.10 Å². The van der Waals surface area contributed by atoms with Crippen molar-refractivity contribution in [2.24, 2.45) is 0 Å². The Hall–Kier alpha value is -2.33. The maximum atomic E-state index is 13.7. The van der Waals surface area contributed by atoms with Crippen molar-refractivity contribution in [1.29, 1.82) is 0 Å². The van der Waals surface area contributed by atoms with E-state index in [1.807, 2.05) is 0 Å². The Morgan fingerprint density at radius 3 is 2.33 bits per heavy atom. The average Bonchev–Trinajstić information content (AvgIpc) is 3.07. The lowest BCUT2D eigenvalue weighted by Crippen LogP contribution is -2.64. The van der Waals surface area contributed by atoms with Gasteiger partial charge in [0.2, 0.25) is 0 Å². The van der Waals surface area contributed by atoms with Crippen molar-refractivity contribution < 1.29 is 26.0 Å². The first-order valence-electron chi connectivity index (χ1n) is 8.90. The summed E-state index contributed by atoms with van der Waals surface area (Å²) in [6, 6.07) is 7.43. The Labute approximate surface area is 174 Å². The molecule has 1 aliphatic rings. The van der Waals surface area contributed by atoms with Gasteiger partial charge in [0.05, 0.1) is 33.4 Å². The van der Waals surface area contributed by atoms with E-state index < -0.39 is 34.5 Å². The van der Waals surface area contributed by atoms with Gasteiger partial charge in [0.25, 0.3) is 21.9 Å². The molecule has 160 valence electrons. The fraction of sp³-hybridized carbons (Fsp3) is 0.316. The van der Waals surface area contributed by atoms with E-state index in [1.165, 1.54) is 30.0 Å². The fourth-order valence-electron chi connectivity index (χ4n) is 3.36. The minimum atomic E-state index is -4.30. The van der Waals surface area contributed by atoms with Crippen LogP contribution in [0.3, 0.4) is 0 Å². The minimum absolute atomic E-state index is 0.0225. The molecule has 1 fully saturated rings. The number of hydrogen-bond acceptors (Lipinski definition) is 4. The molecule has 1 aliphatic heterocycles. The van der Waals surface area contributed by atoms with Gasteiger partial charge in [-0.3, -0.25) is 0 Å². The number of nitrogens with zero attached hydrogens (tertiary/aromatic N) is 3. The lowest BCUT2D eigenvalue weighted by molar-refractivity contribution is -0.0642. The summed E-state index contributed by atoms with van der Waals surface area (Å²) in [4.78, 5) is 1.01. The highest BCUT2D eigenvalue weighted by Gasteiger charge is 2.53. The number of anilines is 1. The molecule has 1 saturated heterocycles. The number of aromatic nitrogens is 2. The summed E-state index contributed by atoms with van der Waals surface area (Å²) in [5, 5.41) is 4.48. The number of fused-ring (bicyclic) bond motifs is 1. The third-order valence-electron chi connectivity index (χ3n) is 5.23. The zero-order valence-electron chi connectivity index (χ0n) is 15.8. The lowest BCUT2D eigenvalue weighted by atomic mass is 9.99. The van der Waals surface area contributed by atoms with Crippen molar-refractivity contribution in [3.05, 3.63) is 53.1 Å². The SMILES string of the molecule is C[C@H]1N(c2nn(S(=O)(=O)c3ccc(C(C)(F)F)cc3)c3cccc(Cl)c23)CC1(F)F. The maximum Gasteiger partial charge on any atom is 0.284 e. The highest BCUT2D eigenvalue weighted by Crippen LogP contribution is 2.43. The van der Waals surface area contributed by atoms with E-state index in [0.717, 1.165) is 24.3 Å².